The van der Waals surface area contributed by atoms with Gasteiger partial charge in [0.2, 0.25) is 5.91 Å². The number of alkyl halides is 1. The molecule has 1 aliphatic rings. The van der Waals surface area contributed by atoms with Crippen LogP contribution in [0.15, 0.2) is 66.7 Å². The van der Waals surface area contributed by atoms with Crippen LogP contribution in [-0.4, -0.2) is 21.5 Å². The molecule has 0 spiro atoms. The van der Waals surface area contributed by atoms with Gasteiger partial charge in [0.15, 0.2) is 0 Å². The molecule has 0 aliphatic carbocycles. The molecule has 5 rings (SSSR count). The molecule has 1 amide bonds. The fourth-order valence-electron chi connectivity index (χ4n) is 3.64. The van der Waals surface area contributed by atoms with Crippen LogP contribution in [0, 0.1) is 0 Å². The Labute approximate surface area is 165 Å². The van der Waals surface area contributed by atoms with E-state index in [0.717, 1.165) is 33.1 Å². The van der Waals surface area contributed by atoms with Gasteiger partial charge in [-0.15, -0.1) is 21.8 Å². The molecule has 4 nitrogen and oxygen atoms in total. The lowest BCUT2D eigenvalue weighted by Crippen LogP contribution is -2.56. The van der Waals surface area contributed by atoms with Gasteiger partial charge in [0.05, 0.1) is 22.1 Å². The predicted octanol–water partition coefficient (Wildman–Crippen LogP) is 5.13. The molecule has 27 heavy (non-hydrogen) atoms. The highest BCUT2D eigenvalue weighted by Gasteiger charge is 2.47. The molecule has 2 unspecified atom stereocenters. The van der Waals surface area contributed by atoms with Crippen molar-refractivity contribution in [2.45, 2.75) is 11.4 Å². The molecule has 1 aromatic heterocycles. The van der Waals surface area contributed by atoms with Gasteiger partial charge in [-0.05, 0) is 35.9 Å². The summed E-state index contributed by atoms with van der Waals surface area (Å²) in [4.78, 5) is 14.3. The van der Waals surface area contributed by atoms with E-state index in [1.807, 2.05) is 66.7 Å². The summed E-state index contributed by atoms with van der Waals surface area (Å²) in [5.41, 5.74) is 3.23. The molecule has 0 N–H and O–H groups in total. The van der Waals surface area contributed by atoms with E-state index in [9.17, 15) is 4.79 Å². The van der Waals surface area contributed by atoms with Gasteiger partial charge in [0.25, 0.3) is 0 Å². The smallest absolute Gasteiger partial charge is 0.248 e. The Morgan fingerprint density at radius 3 is 2.48 bits per heavy atom. The lowest BCUT2D eigenvalue weighted by atomic mass is 9.92. The number of hydrogen-bond acceptors (Lipinski definition) is 3. The molecular formula is C21H13Cl2N3O. The average Bonchev–Trinajstić information content (AvgIpc) is 2.71. The van der Waals surface area contributed by atoms with Gasteiger partial charge in [0, 0.05) is 16.5 Å². The van der Waals surface area contributed by atoms with Crippen molar-refractivity contribution in [3.63, 3.8) is 0 Å². The summed E-state index contributed by atoms with van der Waals surface area (Å²) in [5.74, 6) is -0.109. The molecule has 0 bridgehead atoms. The maximum atomic E-state index is 12.6. The van der Waals surface area contributed by atoms with Gasteiger partial charge < -0.3 is 4.90 Å². The van der Waals surface area contributed by atoms with Gasteiger partial charge in [-0.3, -0.25) is 4.79 Å². The summed E-state index contributed by atoms with van der Waals surface area (Å²) in [6, 6.07) is 20.8. The number of hydrogen-bond donors (Lipinski definition) is 0. The largest absolute Gasteiger partial charge is 0.301 e. The summed E-state index contributed by atoms with van der Waals surface area (Å²) in [7, 11) is 0. The van der Waals surface area contributed by atoms with Crippen LogP contribution < -0.4 is 4.90 Å². The molecule has 132 valence electrons. The van der Waals surface area contributed by atoms with Crippen LogP contribution >= 0.6 is 23.2 Å². The second kappa shape index (κ2) is 6.19. The molecule has 3 aromatic carbocycles. The Bertz CT molecular complexity index is 1200. The summed E-state index contributed by atoms with van der Waals surface area (Å²) in [6.07, 6.45) is 0. The molecule has 1 fully saturated rings. The van der Waals surface area contributed by atoms with E-state index in [1.54, 1.807) is 4.90 Å². The third-order valence-corrected chi connectivity index (χ3v) is 5.69. The number of β-lactam (4-membered cyclic amide) rings is 1. The number of amides is 1. The van der Waals surface area contributed by atoms with E-state index < -0.39 is 5.38 Å². The van der Waals surface area contributed by atoms with Crippen molar-refractivity contribution in [3.05, 3.63) is 77.3 Å². The number of fused-ring (bicyclic) bond motifs is 3. The maximum Gasteiger partial charge on any atom is 0.248 e. The van der Waals surface area contributed by atoms with Crippen LogP contribution in [0.2, 0.25) is 5.02 Å². The lowest BCUT2D eigenvalue weighted by Gasteiger charge is -2.44. The SMILES string of the molecule is O=C1C(Cl)C(c2ccccc2)N1c1ccc2nnc3cccc(Cl)c3c2c1. The van der Waals surface area contributed by atoms with Crippen LogP contribution in [0.1, 0.15) is 11.6 Å². The third-order valence-electron chi connectivity index (χ3n) is 4.95. The highest BCUT2D eigenvalue weighted by molar-refractivity contribution is 6.38. The first-order valence-electron chi connectivity index (χ1n) is 8.52. The van der Waals surface area contributed by atoms with E-state index in [2.05, 4.69) is 10.2 Å². The molecule has 2 atom stereocenters. The second-order valence-electron chi connectivity index (χ2n) is 6.50. The topological polar surface area (TPSA) is 46.1 Å². The quantitative estimate of drug-likeness (QED) is 0.269. The first kappa shape index (κ1) is 16.5. The Hall–Kier alpha value is -2.69. The van der Waals surface area contributed by atoms with Crippen molar-refractivity contribution in [1.82, 2.24) is 10.2 Å². The zero-order chi connectivity index (χ0) is 18.5. The van der Waals surface area contributed by atoms with Crippen molar-refractivity contribution in [2.75, 3.05) is 4.90 Å². The molecular weight excluding hydrogens is 381 g/mol. The number of aromatic nitrogens is 2. The van der Waals surface area contributed by atoms with E-state index in [4.69, 9.17) is 23.2 Å². The molecule has 2 heterocycles. The fourth-order valence-corrected chi connectivity index (χ4v) is 4.28. The van der Waals surface area contributed by atoms with Crippen molar-refractivity contribution in [3.8, 4) is 0 Å². The molecule has 0 radical (unpaired) electrons. The van der Waals surface area contributed by atoms with Crippen LogP contribution in [0.25, 0.3) is 21.8 Å². The van der Waals surface area contributed by atoms with Gasteiger partial charge >= 0.3 is 0 Å². The highest BCUT2D eigenvalue weighted by atomic mass is 35.5. The number of anilines is 1. The van der Waals surface area contributed by atoms with Crippen LogP contribution in [0.4, 0.5) is 5.69 Å². The zero-order valence-corrected chi connectivity index (χ0v) is 15.5. The number of nitrogens with zero attached hydrogens (tertiary/aromatic N) is 3. The molecule has 4 aromatic rings. The third kappa shape index (κ3) is 2.48. The fraction of sp³-hybridized carbons (Fsp3) is 0.0952. The van der Waals surface area contributed by atoms with Crippen molar-refractivity contribution in [2.24, 2.45) is 0 Å². The first-order valence-corrected chi connectivity index (χ1v) is 9.33. The van der Waals surface area contributed by atoms with Crippen LogP contribution in [0.5, 0.6) is 0 Å². The Morgan fingerprint density at radius 2 is 1.67 bits per heavy atom. The summed E-state index contributed by atoms with van der Waals surface area (Å²) < 4.78 is 0. The van der Waals surface area contributed by atoms with Gasteiger partial charge in [-0.25, -0.2) is 0 Å². The Balaban J connectivity index is 1.68. The Kier molecular flexibility index (Phi) is 3.78. The van der Waals surface area contributed by atoms with Crippen molar-refractivity contribution < 1.29 is 4.79 Å². The normalized spacial score (nSPS) is 19.5. The molecule has 1 aliphatic heterocycles. The first-order chi connectivity index (χ1) is 13.1. The monoisotopic (exact) mass is 393 g/mol. The maximum absolute atomic E-state index is 12.6. The van der Waals surface area contributed by atoms with E-state index in [-0.39, 0.29) is 11.9 Å². The standard InChI is InChI=1S/C21H13Cl2N3O/c22-15-7-4-8-17-18(15)14-11-13(9-10-16(14)24-25-17)26-20(19(23)21(26)27)12-5-2-1-3-6-12/h1-11,19-20H. The minimum absolute atomic E-state index is 0.109. The predicted molar refractivity (Wildman–Crippen MR) is 108 cm³/mol. The molecule has 0 saturated carbocycles. The van der Waals surface area contributed by atoms with Crippen LogP contribution in [-0.2, 0) is 4.79 Å². The van der Waals surface area contributed by atoms with Crippen molar-refractivity contribution >= 4 is 56.6 Å². The van der Waals surface area contributed by atoms with Crippen LogP contribution in [0.3, 0.4) is 0 Å². The minimum atomic E-state index is -0.570. The van der Waals surface area contributed by atoms with Gasteiger partial charge in [0.1, 0.15) is 5.38 Å². The highest BCUT2D eigenvalue weighted by Crippen LogP contribution is 2.43. The average molecular weight is 394 g/mol. The number of benzene rings is 3. The van der Waals surface area contributed by atoms with Crippen molar-refractivity contribution in [1.29, 1.82) is 0 Å². The van der Waals surface area contributed by atoms with Gasteiger partial charge in [-0.2, -0.15) is 0 Å². The Morgan fingerprint density at radius 1 is 0.889 bits per heavy atom. The molecule has 6 heteroatoms. The van der Waals surface area contributed by atoms with E-state index in [0.29, 0.717) is 5.02 Å². The summed E-state index contributed by atoms with van der Waals surface area (Å²) in [6.45, 7) is 0. The number of carbonyl (C=O) groups excluding carboxylic acids is 1. The number of halogens is 2. The minimum Gasteiger partial charge on any atom is -0.301 e. The zero-order valence-electron chi connectivity index (χ0n) is 14.0. The number of carbonyl (C=O) groups is 1. The van der Waals surface area contributed by atoms with E-state index >= 15 is 0 Å². The number of rotatable bonds is 2. The second-order valence-corrected chi connectivity index (χ2v) is 7.38. The summed E-state index contributed by atoms with van der Waals surface area (Å²) >= 11 is 12.8. The molecule has 1 saturated heterocycles. The van der Waals surface area contributed by atoms with Gasteiger partial charge in [-0.1, -0.05) is 48.0 Å². The summed E-state index contributed by atoms with van der Waals surface area (Å²) in [5, 5.41) is 10.2. The lowest BCUT2D eigenvalue weighted by molar-refractivity contribution is -0.123. The van der Waals surface area contributed by atoms with E-state index in [1.165, 1.54) is 0 Å².